The zero-order valence-electron chi connectivity index (χ0n) is 16.9. The van der Waals surface area contributed by atoms with Crippen LogP contribution < -0.4 is 9.47 Å². The van der Waals surface area contributed by atoms with Crippen molar-refractivity contribution in [2.45, 2.75) is 12.6 Å². The van der Waals surface area contributed by atoms with E-state index >= 15 is 0 Å². The number of nitrogens with zero attached hydrogens (tertiary/aromatic N) is 2. The molecule has 2 aliphatic rings. The van der Waals surface area contributed by atoms with Crippen LogP contribution >= 0.6 is 11.6 Å². The van der Waals surface area contributed by atoms with E-state index in [9.17, 15) is 4.79 Å². The van der Waals surface area contributed by atoms with E-state index in [1.54, 1.807) is 0 Å². The van der Waals surface area contributed by atoms with Crippen LogP contribution in [0.25, 0.3) is 11.3 Å². The molecule has 3 aromatic carbocycles. The fourth-order valence-corrected chi connectivity index (χ4v) is 4.63. The molecule has 1 N–H and O–H groups in total. The Labute approximate surface area is 189 Å². The van der Waals surface area contributed by atoms with E-state index in [1.165, 1.54) is 0 Å². The largest absolute Gasteiger partial charge is 0.454 e. The van der Waals surface area contributed by atoms with E-state index in [-0.39, 0.29) is 18.7 Å². The third-order valence-electron chi connectivity index (χ3n) is 5.87. The third kappa shape index (κ3) is 3.03. The summed E-state index contributed by atoms with van der Waals surface area (Å²) in [4.78, 5) is 15.4. The van der Waals surface area contributed by atoms with Gasteiger partial charge in [0, 0.05) is 22.7 Å². The Balaban J connectivity index is 1.47. The van der Waals surface area contributed by atoms with Crippen LogP contribution in [0.4, 0.5) is 0 Å². The van der Waals surface area contributed by atoms with E-state index in [0.29, 0.717) is 28.8 Å². The van der Waals surface area contributed by atoms with Gasteiger partial charge in [0.2, 0.25) is 6.79 Å². The number of hydrogen-bond donors (Lipinski definition) is 1. The van der Waals surface area contributed by atoms with Crippen molar-refractivity contribution in [2.75, 3.05) is 6.79 Å². The topological polar surface area (TPSA) is 67.5 Å². The molecule has 7 heteroatoms. The summed E-state index contributed by atoms with van der Waals surface area (Å²) in [5, 5.41) is 8.11. The van der Waals surface area contributed by atoms with Crippen molar-refractivity contribution in [1.82, 2.24) is 15.1 Å². The lowest BCUT2D eigenvalue weighted by Gasteiger charge is -2.26. The van der Waals surface area contributed by atoms with Crippen molar-refractivity contribution in [3.8, 4) is 22.8 Å². The lowest BCUT2D eigenvalue weighted by Crippen LogP contribution is -2.29. The summed E-state index contributed by atoms with van der Waals surface area (Å²) < 4.78 is 10.9. The Bertz CT molecular complexity index is 1340. The Kier molecular flexibility index (Phi) is 4.40. The number of carbonyl (C=O) groups excluding carboxylic acids is 1. The van der Waals surface area contributed by atoms with E-state index < -0.39 is 0 Å². The molecule has 4 aromatic rings. The summed E-state index contributed by atoms with van der Waals surface area (Å²) in [6, 6.07) is 23.0. The van der Waals surface area contributed by atoms with E-state index in [4.69, 9.17) is 21.1 Å². The summed E-state index contributed by atoms with van der Waals surface area (Å²) >= 11 is 6.33. The summed E-state index contributed by atoms with van der Waals surface area (Å²) in [6.07, 6.45) is 0. The van der Waals surface area contributed by atoms with Crippen molar-refractivity contribution in [3.63, 3.8) is 0 Å². The van der Waals surface area contributed by atoms with Crippen LogP contribution in [-0.2, 0) is 6.54 Å². The van der Waals surface area contributed by atoms with Gasteiger partial charge in [-0.3, -0.25) is 9.89 Å². The maximum Gasteiger partial charge on any atom is 0.273 e. The fraction of sp³-hybridized carbons (Fsp3) is 0.120. The molecule has 0 fully saturated rings. The van der Waals surface area contributed by atoms with Gasteiger partial charge in [0.15, 0.2) is 11.5 Å². The van der Waals surface area contributed by atoms with E-state index in [1.807, 2.05) is 77.7 Å². The van der Waals surface area contributed by atoms with Crippen LogP contribution in [0.2, 0.25) is 5.02 Å². The predicted molar refractivity (Wildman–Crippen MR) is 120 cm³/mol. The Morgan fingerprint density at radius 3 is 2.69 bits per heavy atom. The second kappa shape index (κ2) is 7.43. The molecular formula is C25H18ClN3O3. The van der Waals surface area contributed by atoms with Crippen LogP contribution in [0, 0.1) is 0 Å². The number of hydrogen-bond acceptors (Lipinski definition) is 4. The van der Waals surface area contributed by atoms with Crippen LogP contribution in [0.5, 0.6) is 11.5 Å². The quantitative estimate of drug-likeness (QED) is 0.470. The Morgan fingerprint density at radius 2 is 1.84 bits per heavy atom. The fourth-order valence-electron chi connectivity index (χ4n) is 4.44. The molecular weight excluding hydrogens is 426 g/mol. The molecule has 1 aromatic heterocycles. The number of carbonyl (C=O) groups is 1. The molecule has 1 amide bonds. The number of benzene rings is 3. The third-order valence-corrected chi connectivity index (χ3v) is 6.10. The minimum Gasteiger partial charge on any atom is -0.454 e. The zero-order valence-corrected chi connectivity index (χ0v) is 17.7. The first kappa shape index (κ1) is 19.0. The van der Waals surface area contributed by atoms with Crippen LogP contribution in [0.3, 0.4) is 0 Å². The highest BCUT2D eigenvalue weighted by Crippen LogP contribution is 2.44. The molecule has 158 valence electrons. The number of aromatic nitrogens is 2. The van der Waals surface area contributed by atoms with Crippen LogP contribution in [0.15, 0.2) is 72.8 Å². The average molecular weight is 444 g/mol. The van der Waals surface area contributed by atoms with Crippen molar-refractivity contribution in [3.05, 3.63) is 100 Å². The molecule has 0 aliphatic carbocycles. The number of fused-ring (bicyclic) bond motifs is 2. The SMILES string of the molecule is O=C1c2[nH]nc(-c3ccccc3)c2C(c2cccc(Cl)c2)N1Cc1ccc2c(c1)OCO2. The first-order valence-corrected chi connectivity index (χ1v) is 10.7. The molecule has 0 saturated carbocycles. The second-order valence-electron chi connectivity index (χ2n) is 7.81. The lowest BCUT2D eigenvalue weighted by atomic mass is 9.96. The van der Waals surface area contributed by atoms with Crippen molar-refractivity contribution in [2.24, 2.45) is 0 Å². The van der Waals surface area contributed by atoms with Gasteiger partial charge in [-0.2, -0.15) is 5.10 Å². The van der Waals surface area contributed by atoms with E-state index in [2.05, 4.69) is 10.2 Å². The lowest BCUT2D eigenvalue weighted by molar-refractivity contribution is 0.0730. The molecule has 0 bridgehead atoms. The van der Waals surface area contributed by atoms with Gasteiger partial charge in [-0.25, -0.2) is 0 Å². The number of amides is 1. The molecule has 3 heterocycles. The maximum atomic E-state index is 13.5. The molecule has 6 nitrogen and oxygen atoms in total. The minimum atomic E-state index is -0.324. The zero-order chi connectivity index (χ0) is 21.7. The number of rotatable bonds is 4. The predicted octanol–water partition coefficient (Wildman–Crippen LogP) is 5.20. The number of ether oxygens (including phenoxy) is 2. The normalized spacial score (nSPS) is 16.5. The number of halogens is 1. The Hall–Kier alpha value is -3.77. The van der Waals surface area contributed by atoms with Gasteiger partial charge in [0.25, 0.3) is 5.91 Å². The maximum absolute atomic E-state index is 13.5. The van der Waals surface area contributed by atoms with Crippen molar-refractivity contribution >= 4 is 17.5 Å². The van der Waals surface area contributed by atoms with Gasteiger partial charge in [-0.05, 0) is 35.4 Å². The smallest absolute Gasteiger partial charge is 0.273 e. The van der Waals surface area contributed by atoms with Gasteiger partial charge in [-0.15, -0.1) is 0 Å². The second-order valence-corrected chi connectivity index (χ2v) is 8.24. The minimum absolute atomic E-state index is 0.0997. The van der Waals surface area contributed by atoms with Gasteiger partial charge in [-0.1, -0.05) is 60.1 Å². The summed E-state index contributed by atoms with van der Waals surface area (Å²) in [5.41, 5.74) is 4.98. The summed E-state index contributed by atoms with van der Waals surface area (Å²) in [6.45, 7) is 0.618. The van der Waals surface area contributed by atoms with Gasteiger partial charge < -0.3 is 14.4 Å². The molecule has 6 rings (SSSR count). The first-order chi connectivity index (χ1) is 15.7. The molecule has 1 atom stereocenters. The average Bonchev–Trinajstić information content (AvgIpc) is 3.51. The summed E-state index contributed by atoms with van der Waals surface area (Å²) in [5.74, 6) is 1.31. The molecule has 0 spiro atoms. The molecule has 0 radical (unpaired) electrons. The number of aromatic amines is 1. The summed E-state index contributed by atoms with van der Waals surface area (Å²) in [7, 11) is 0. The number of nitrogens with one attached hydrogen (secondary N) is 1. The highest BCUT2D eigenvalue weighted by atomic mass is 35.5. The van der Waals surface area contributed by atoms with Crippen LogP contribution in [-0.4, -0.2) is 27.8 Å². The van der Waals surface area contributed by atoms with Gasteiger partial charge in [0.05, 0.1) is 11.7 Å². The standard InChI is InChI=1S/C25H18ClN3O3/c26-18-8-4-7-17(12-18)24-21-22(16-5-2-1-3-6-16)27-28-23(21)25(30)29(24)13-15-9-10-19-20(11-15)32-14-31-19/h1-12,24H,13-14H2,(H,27,28). The molecule has 1 unspecified atom stereocenters. The first-order valence-electron chi connectivity index (χ1n) is 10.3. The molecule has 0 saturated heterocycles. The molecule has 32 heavy (non-hydrogen) atoms. The Morgan fingerprint density at radius 1 is 1.00 bits per heavy atom. The van der Waals surface area contributed by atoms with E-state index in [0.717, 1.165) is 27.9 Å². The van der Waals surface area contributed by atoms with Gasteiger partial charge in [0.1, 0.15) is 5.69 Å². The van der Waals surface area contributed by atoms with Crippen LogP contribution in [0.1, 0.15) is 33.2 Å². The number of H-pyrrole nitrogens is 1. The monoisotopic (exact) mass is 443 g/mol. The highest BCUT2D eigenvalue weighted by Gasteiger charge is 2.42. The van der Waals surface area contributed by atoms with Crippen molar-refractivity contribution in [1.29, 1.82) is 0 Å². The highest BCUT2D eigenvalue weighted by molar-refractivity contribution is 6.30. The molecule has 2 aliphatic heterocycles. The van der Waals surface area contributed by atoms with Crippen molar-refractivity contribution < 1.29 is 14.3 Å². The van der Waals surface area contributed by atoms with Gasteiger partial charge >= 0.3 is 0 Å².